The molecule has 1 saturated carbocycles. The lowest BCUT2D eigenvalue weighted by molar-refractivity contribution is -0.274. The van der Waals surface area contributed by atoms with E-state index in [9.17, 15) is 22.8 Å². The van der Waals surface area contributed by atoms with Crippen molar-refractivity contribution in [1.29, 1.82) is 0 Å². The summed E-state index contributed by atoms with van der Waals surface area (Å²) in [6, 6.07) is 15.8. The molecule has 0 aromatic heterocycles. The normalized spacial score (nSPS) is 20.5. The number of rotatable bonds is 9. The molecule has 1 aliphatic carbocycles. The number of halogens is 3. The van der Waals surface area contributed by atoms with Crippen LogP contribution in [0.15, 0.2) is 54.6 Å². The van der Waals surface area contributed by atoms with E-state index in [1.54, 1.807) is 12.1 Å². The van der Waals surface area contributed by atoms with Crippen molar-refractivity contribution in [3.05, 3.63) is 65.7 Å². The second-order valence-corrected chi connectivity index (χ2v) is 10.8. The van der Waals surface area contributed by atoms with Crippen LogP contribution in [0.2, 0.25) is 0 Å². The van der Waals surface area contributed by atoms with Gasteiger partial charge in [0.15, 0.2) is 0 Å². The third-order valence-corrected chi connectivity index (χ3v) is 8.15. The van der Waals surface area contributed by atoms with Gasteiger partial charge in [-0.1, -0.05) is 42.5 Å². The second-order valence-electron chi connectivity index (χ2n) is 10.8. The lowest BCUT2D eigenvalue weighted by Crippen LogP contribution is -2.45. The number of hydrogen-bond donors (Lipinski definition) is 1. The van der Waals surface area contributed by atoms with Gasteiger partial charge in [0.05, 0.1) is 11.5 Å². The predicted molar refractivity (Wildman–Crippen MR) is 136 cm³/mol. The number of benzene rings is 2. The van der Waals surface area contributed by atoms with Crippen LogP contribution in [0.5, 0.6) is 5.75 Å². The lowest BCUT2D eigenvalue weighted by atomic mass is 9.77. The zero-order chi connectivity index (χ0) is 26.8. The SMILES string of the molecule is O=C(N[C@@H](CCN1CCC2(CC1)CCN(Cc1ccc(OC(F)(F)F)cc1)C2=O)c1ccccc1)C1CC1. The van der Waals surface area contributed by atoms with Gasteiger partial charge < -0.3 is 19.9 Å². The molecule has 0 unspecified atom stereocenters. The standard InChI is InChI=1S/C29H34F3N3O3/c30-29(31,32)38-24-10-6-21(7-11-24)20-35-19-15-28(27(35)37)13-17-34(18-14-28)16-12-25(22-4-2-1-3-5-22)33-26(36)23-8-9-23/h1-7,10-11,23,25H,8-9,12-20H2,(H,33,36)/t25-/m0/s1. The van der Waals surface area contributed by atoms with Crippen LogP contribution in [0.3, 0.4) is 0 Å². The topological polar surface area (TPSA) is 61.9 Å². The molecule has 6 nitrogen and oxygen atoms in total. The first-order chi connectivity index (χ1) is 18.2. The van der Waals surface area contributed by atoms with Crippen molar-refractivity contribution in [2.45, 2.75) is 57.5 Å². The van der Waals surface area contributed by atoms with Crippen molar-refractivity contribution >= 4 is 11.8 Å². The first-order valence-corrected chi connectivity index (χ1v) is 13.4. The summed E-state index contributed by atoms with van der Waals surface area (Å²) in [7, 11) is 0. The maximum Gasteiger partial charge on any atom is 0.573 e. The maximum absolute atomic E-state index is 13.4. The van der Waals surface area contributed by atoms with Gasteiger partial charge in [0.1, 0.15) is 5.75 Å². The summed E-state index contributed by atoms with van der Waals surface area (Å²) in [5.74, 6) is 0.195. The monoisotopic (exact) mass is 529 g/mol. The number of alkyl halides is 3. The molecule has 1 spiro atoms. The van der Waals surface area contributed by atoms with Gasteiger partial charge in [0.25, 0.3) is 0 Å². The van der Waals surface area contributed by atoms with E-state index in [0.29, 0.717) is 13.1 Å². The average molecular weight is 530 g/mol. The molecule has 3 fully saturated rings. The molecule has 0 bridgehead atoms. The van der Waals surface area contributed by atoms with Crippen LogP contribution in [-0.4, -0.2) is 54.2 Å². The van der Waals surface area contributed by atoms with Gasteiger partial charge in [0, 0.05) is 25.6 Å². The van der Waals surface area contributed by atoms with Gasteiger partial charge in [-0.15, -0.1) is 13.2 Å². The Balaban J connectivity index is 1.12. The summed E-state index contributed by atoms with van der Waals surface area (Å²) in [5, 5.41) is 3.24. The number of ether oxygens (including phenoxy) is 1. The van der Waals surface area contributed by atoms with Crippen molar-refractivity contribution in [2.24, 2.45) is 11.3 Å². The molecule has 2 amide bonds. The van der Waals surface area contributed by atoms with E-state index in [1.807, 2.05) is 23.1 Å². The Morgan fingerprint density at radius 1 is 1.00 bits per heavy atom. The van der Waals surface area contributed by atoms with Crippen molar-refractivity contribution in [3.63, 3.8) is 0 Å². The average Bonchev–Trinajstić information content (AvgIpc) is 3.71. The second kappa shape index (κ2) is 11.0. The number of carbonyl (C=O) groups is 2. The van der Waals surface area contributed by atoms with Crippen molar-refractivity contribution in [2.75, 3.05) is 26.2 Å². The number of likely N-dealkylation sites (tertiary alicyclic amines) is 2. The zero-order valence-corrected chi connectivity index (χ0v) is 21.4. The van der Waals surface area contributed by atoms with E-state index in [-0.39, 0.29) is 34.9 Å². The smallest absolute Gasteiger partial charge is 0.406 e. The van der Waals surface area contributed by atoms with E-state index in [0.717, 1.165) is 69.3 Å². The summed E-state index contributed by atoms with van der Waals surface area (Å²) >= 11 is 0. The highest BCUT2D eigenvalue weighted by molar-refractivity contribution is 5.85. The van der Waals surface area contributed by atoms with Crippen LogP contribution in [0, 0.1) is 11.3 Å². The molecule has 2 aliphatic heterocycles. The highest BCUT2D eigenvalue weighted by atomic mass is 19.4. The summed E-state index contributed by atoms with van der Waals surface area (Å²) in [5.41, 5.74) is 1.55. The van der Waals surface area contributed by atoms with E-state index in [4.69, 9.17) is 0 Å². The third kappa shape index (κ3) is 6.49. The van der Waals surface area contributed by atoms with Crippen LogP contribution in [0.4, 0.5) is 13.2 Å². The first-order valence-electron chi connectivity index (χ1n) is 13.4. The first kappa shape index (κ1) is 26.5. The Kier molecular flexibility index (Phi) is 7.66. The number of nitrogens with zero attached hydrogens (tertiary/aromatic N) is 2. The van der Waals surface area contributed by atoms with Gasteiger partial charge in [-0.25, -0.2) is 0 Å². The minimum Gasteiger partial charge on any atom is -0.406 e. The van der Waals surface area contributed by atoms with Gasteiger partial charge in [-0.05, 0) is 74.9 Å². The minimum absolute atomic E-state index is 0.0169. The van der Waals surface area contributed by atoms with E-state index in [2.05, 4.69) is 27.1 Å². The van der Waals surface area contributed by atoms with Crippen molar-refractivity contribution in [3.8, 4) is 5.75 Å². The van der Waals surface area contributed by atoms with E-state index < -0.39 is 6.36 Å². The van der Waals surface area contributed by atoms with Gasteiger partial charge in [-0.3, -0.25) is 9.59 Å². The van der Waals surface area contributed by atoms with Gasteiger partial charge >= 0.3 is 6.36 Å². The number of piperidine rings is 1. The predicted octanol–water partition coefficient (Wildman–Crippen LogP) is 5.06. The summed E-state index contributed by atoms with van der Waals surface area (Å²) in [6.45, 7) is 3.56. The van der Waals surface area contributed by atoms with Crippen LogP contribution in [-0.2, 0) is 16.1 Å². The molecule has 2 saturated heterocycles. The van der Waals surface area contributed by atoms with Crippen LogP contribution < -0.4 is 10.1 Å². The Morgan fingerprint density at radius 2 is 1.66 bits per heavy atom. The number of amides is 2. The van der Waals surface area contributed by atoms with Crippen molar-refractivity contribution < 1.29 is 27.5 Å². The molecule has 2 aromatic carbocycles. The Hall–Kier alpha value is -3.07. The molecule has 38 heavy (non-hydrogen) atoms. The fourth-order valence-electron chi connectivity index (χ4n) is 5.68. The molecule has 5 rings (SSSR count). The molecule has 9 heteroatoms. The fraction of sp³-hybridized carbons (Fsp3) is 0.517. The van der Waals surface area contributed by atoms with Crippen molar-refractivity contribution in [1.82, 2.24) is 15.1 Å². The molecule has 1 atom stereocenters. The number of carbonyl (C=O) groups excluding carboxylic acids is 2. The minimum atomic E-state index is -4.72. The van der Waals surface area contributed by atoms with Crippen LogP contribution in [0.1, 0.15) is 55.7 Å². The quantitative estimate of drug-likeness (QED) is 0.494. The lowest BCUT2D eigenvalue weighted by Gasteiger charge is -2.38. The Labute approximate surface area is 221 Å². The highest BCUT2D eigenvalue weighted by Gasteiger charge is 2.48. The summed E-state index contributed by atoms with van der Waals surface area (Å²) in [6.07, 6.45) is 0.453. The molecular formula is C29H34F3N3O3. The summed E-state index contributed by atoms with van der Waals surface area (Å²) < 4.78 is 41.1. The van der Waals surface area contributed by atoms with Crippen LogP contribution >= 0.6 is 0 Å². The fourth-order valence-corrected chi connectivity index (χ4v) is 5.68. The van der Waals surface area contributed by atoms with Crippen LogP contribution in [0.25, 0.3) is 0 Å². The third-order valence-electron chi connectivity index (χ3n) is 8.15. The summed E-state index contributed by atoms with van der Waals surface area (Å²) in [4.78, 5) is 30.1. The molecule has 2 heterocycles. The maximum atomic E-state index is 13.4. The molecule has 2 aromatic rings. The van der Waals surface area contributed by atoms with Gasteiger partial charge in [0.2, 0.25) is 11.8 Å². The molecule has 3 aliphatic rings. The molecular weight excluding hydrogens is 495 g/mol. The van der Waals surface area contributed by atoms with Gasteiger partial charge in [-0.2, -0.15) is 0 Å². The molecule has 0 radical (unpaired) electrons. The Morgan fingerprint density at radius 3 is 2.29 bits per heavy atom. The highest BCUT2D eigenvalue weighted by Crippen LogP contribution is 2.42. The Bertz CT molecular complexity index is 1110. The van der Waals surface area contributed by atoms with E-state index >= 15 is 0 Å². The van der Waals surface area contributed by atoms with E-state index in [1.165, 1.54) is 12.1 Å². The molecule has 204 valence electrons. The largest absolute Gasteiger partial charge is 0.573 e. The zero-order valence-electron chi connectivity index (χ0n) is 21.4. The number of hydrogen-bond acceptors (Lipinski definition) is 4. The molecule has 1 N–H and O–H groups in total. The number of nitrogens with one attached hydrogen (secondary N) is 1.